The average Bonchev–Trinajstić information content (AvgIpc) is 3.35. The maximum atomic E-state index is 9.95. The Morgan fingerprint density at radius 3 is 2.48 bits per heavy atom. The zero-order valence-electron chi connectivity index (χ0n) is 26.9. The number of fused-ring (bicyclic) bond motifs is 1. The minimum atomic E-state index is -0.110. The molecule has 0 saturated carbocycles. The molecule has 44 heavy (non-hydrogen) atoms. The number of rotatable bonds is 12. The molecule has 1 aliphatic rings. The molecule has 1 aliphatic heterocycles. The molecule has 4 aromatic rings. The molecule has 0 amide bonds. The minimum absolute atomic E-state index is 0.110. The van der Waals surface area contributed by atoms with Crippen LogP contribution in [0.5, 0.6) is 11.6 Å². The Morgan fingerprint density at radius 2 is 1.75 bits per heavy atom. The Bertz CT molecular complexity index is 1600. The van der Waals surface area contributed by atoms with E-state index in [0.717, 1.165) is 48.5 Å². The van der Waals surface area contributed by atoms with Crippen molar-refractivity contribution < 1.29 is 14.6 Å². The standard InChI is InChI=1S/C37H46N4O3/c1-7-11-30(12-8-2)40-21-19-28-17-18-29(26(4)31(28)20-22-40)24-44-36-25(3)13-9-14-32(36)34-15-10-16-35(39-34)41-37(43-6)33(23-38-41)27(5)42/h9-10,13-18,23,30,42H,5,7-8,11-12,19-22,24H2,1-4,6H3. The zero-order chi connectivity index (χ0) is 31.2. The van der Waals surface area contributed by atoms with E-state index in [1.54, 1.807) is 4.68 Å². The highest BCUT2D eigenvalue weighted by atomic mass is 16.5. The van der Waals surface area contributed by atoms with Gasteiger partial charge in [-0.1, -0.05) is 63.6 Å². The Morgan fingerprint density at radius 1 is 1.00 bits per heavy atom. The summed E-state index contributed by atoms with van der Waals surface area (Å²) in [5.74, 6) is 1.64. The molecule has 0 unspecified atom stereocenters. The van der Waals surface area contributed by atoms with Crippen LogP contribution < -0.4 is 9.47 Å². The highest BCUT2D eigenvalue weighted by molar-refractivity contribution is 5.70. The van der Waals surface area contributed by atoms with E-state index in [9.17, 15) is 5.11 Å². The summed E-state index contributed by atoms with van der Waals surface area (Å²) in [4.78, 5) is 7.65. The number of aryl methyl sites for hydroxylation is 1. The van der Waals surface area contributed by atoms with Gasteiger partial charge in [0.1, 0.15) is 18.1 Å². The number of para-hydroxylation sites is 1. The summed E-state index contributed by atoms with van der Waals surface area (Å²) in [6.07, 6.45) is 8.78. The first-order chi connectivity index (χ1) is 21.4. The minimum Gasteiger partial charge on any atom is -0.508 e. The molecule has 0 radical (unpaired) electrons. The van der Waals surface area contributed by atoms with Crippen molar-refractivity contribution in [2.24, 2.45) is 0 Å². The van der Waals surface area contributed by atoms with Crippen molar-refractivity contribution in [1.82, 2.24) is 19.7 Å². The zero-order valence-corrected chi connectivity index (χ0v) is 26.9. The van der Waals surface area contributed by atoms with Crippen molar-refractivity contribution in [1.29, 1.82) is 0 Å². The summed E-state index contributed by atoms with van der Waals surface area (Å²) in [5.41, 5.74) is 8.70. The van der Waals surface area contributed by atoms with E-state index in [-0.39, 0.29) is 5.76 Å². The van der Waals surface area contributed by atoms with Gasteiger partial charge in [-0.2, -0.15) is 9.78 Å². The first-order valence-corrected chi connectivity index (χ1v) is 15.9. The third kappa shape index (κ3) is 6.53. The number of benzene rings is 2. The second-order valence-electron chi connectivity index (χ2n) is 11.8. The van der Waals surface area contributed by atoms with Crippen LogP contribution in [0.2, 0.25) is 0 Å². The van der Waals surface area contributed by atoms with Gasteiger partial charge < -0.3 is 14.6 Å². The van der Waals surface area contributed by atoms with Crippen LogP contribution >= 0.6 is 0 Å². The topological polar surface area (TPSA) is 72.6 Å². The Balaban J connectivity index is 1.38. The Kier molecular flexibility index (Phi) is 10.1. The number of aromatic nitrogens is 3. The number of methoxy groups -OCH3 is 1. The lowest BCUT2D eigenvalue weighted by Crippen LogP contribution is -2.37. The SMILES string of the molecule is C=C(O)c1cnn(-c2cccc(-c3cccc(C)c3OCc3ccc4c(c3C)CCN(C(CCC)CCC)CC4)n2)c1OC. The van der Waals surface area contributed by atoms with E-state index in [1.807, 2.05) is 30.3 Å². The molecular weight excluding hydrogens is 548 g/mol. The van der Waals surface area contributed by atoms with Crippen LogP contribution in [0.4, 0.5) is 0 Å². The van der Waals surface area contributed by atoms with Gasteiger partial charge in [0, 0.05) is 24.7 Å². The third-order valence-electron chi connectivity index (χ3n) is 8.93. The predicted molar refractivity (Wildman–Crippen MR) is 178 cm³/mol. The van der Waals surface area contributed by atoms with E-state index in [2.05, 4.69) is 62.5 Å². The van der Waals surface area contributed by atoms with Crippen LogP contribution in [0.15, 0.2) is 61.3 Å². The molecule has 1 N–H and O–H groups in total. The maximum absolute atomic E-state index is 9.95. The molecule has 0 atom stereocenters. The Labute approximate surface area is 262 Å². The first kappa shape index (κ1) is 31.3. The summed E-state index contributed by atoms with van der Waals surface area (Å²) in [5, 5.41) is 14.3. The molecular formula is C37H46N4O3. The van der Waals surface area contributed by atoms with Crippen molar-refractivity contribution in [3.05, 3.63) is 94.7 Å². The molecule has 0 fully saturated rings. The molecule has 0 bridgehead atoms. The van der Waals surface area contributed by atoms with E-state index in [0.29, 0.717) is 29.9 Å². The van der Waals surface area contributed by atoms with Gasteiger partial charge in [0.15, 0.2) is 5.82 Å². The monoisotopic (exact) mass is 594 g/mol. The molecule has 5 rings (SSSR count). The van der Waals surface area contributed by atoms with Gasteiger partial charge in [0.2, 0.25) is 5.88 Å². The first-order valence-electron chi connectivity index (χ1n) is 15.9. The summed E-state index contributed by atoms with van der Waals surface area (Å²) in [6.45, 7) is 15.3. The highest BCUT2D eigenvalue weighted by Gasteiger charge is 2.23. The summed E-state index contributed by atoms with van der Waals surface area (Å²) < 4.78 is 13.7. The number of aliphatic hydroxyl groups excluding tert-OH is 1. The van der Waals surface area contributed by atoms with Crippen molar-refractivity contribution in [2.75, 3.05) is 20.2 Å². The van der Waals surface area contributed by atoms with Crippen LogP contribution in [0.1, 0.15) is 72.9 Å². The lowest BCUT2D eigenvalue weighted by molar-refractivity contribution is 0.183. The van der Waals surface area contributed by atoms with Crippen molar-refractivity contribution in [3.8, 4) is 28.7 Å². The van der Waals surface area contributed by atoms with E-state index in [1.165, 1.54) is 61.2 Å². The van der Waals surface area contributed by atoms with Gasteiger partial charge >= 0.3 is 0 Å². The van der Waals surface area contributed by atoms with Crippen LogP contribution in [-0.4, -0.2) is 51.0 Å². The van der Waals surface area contributed by atoms with Gasteiger partial charge in [-0.15, -0.1) is 0 Å². The van der Waals surface area contributed by atoms with Crippen molar-refractivity contribution in [3.63, 3.8) is 0 Å². The van der Waals surface area contributed by atoms with E-state index >= 15 is 0 Å². The largest absolute Gasteiger partial charge is 0.508 e. The molecule has 2 aromatic heterocycles. The lowest BCUT2D eigenvalue weighted by Gasteiger charge is -2.30. The summed E-state index contributed by atoms with van der Waals surface area (Å²) in [7, 11) is 1.53. The van der Waals surface area contributed by atoms with Crippen molar-refractivity contribution >= 4 is 5.76 Å². The number of hydrogen-bond acceptors (Lipinski definition) is 6. The number of ether oxygens (including phenoxy) is 2. The fraction of sp³-hybridized carbons (Fsp3) is 0.405. The molecule has 7 nitrogen and oxygen atoms in total. The van der Waals surface area contributed by atoms with Gasteiger partial charge in [-0.3, -0.25) is 4.90 Å². The number of nitrogens with zero attached hydrogens (tertiary/aromatic N) is 4. The second-order valence-corrected chi connectivity index (χ2v) is 11.8. The third-order valence-corrected chi connectivity index (χ3v) is 8.93. The fourth-order valence-corrected chi connectivity index (χ4v) is 6.55. The molecule has 0 spiro atoms. The molecule has 2 aromatic carbocycles. The van der Waals surface area contributed by atoms with E-state index < -0.39 is 0 Å². The average molecular weight is 595 g/mol. The highest BCUT2D eigenvalue weighted by Crippen LogP contribution is 2.35. The Hall–Kier alpha value is -4.10. The summed E-state index contributed by atoms with van der Waals surface area (Å²) in [6, 6.07) is 17.2. The van der Waals surface area contributed by atoms with Gasteiger partial charge in [-0.05, 0) is 85.5 Å². The van der Waals surface area contributed by atoms with Gasteiger partial charge in [-0.25, -0.2) is 4.98 Å². The van der Waals surface area contributed by atoms with Crippen LogP contribution in [-0.2, 0) is 19.4 Å². The molecule has 0 saturated heterocycles. The molecule has 3 heterocycles. The fourth-order valence-electron chi connectivity index (χ4n) is 6.55. The van der Waals surface area contributed by atoms with Crippen LogP contribution in [0.25, 0.3) is 22.8 Å². The second kappa shape index (κ2) is 14.1. The van der Waals surface area contributed by atoms with Crippen molar-refractivity contribution in [2.45, 2.75) is 78.9 Å². The lowest BCUT2D eigenvalue weighted by atomic mass is 9.94. The maximum Gasteiger partial charge on any atom is 0.229 e. The van der Waals surface area contributed by atoms with Crippen LogP contribution in [0.3, 0.4) is 0 Å². The molecule has 7 heteroatoms. The van der Waals surface area contributed by atoms with E-state index in [4.69, 9.17) is 14.5 Å². The molecule has 0 aliphatic carbocycles. The summed E-state index contributed by atoms with van der Waals surface area (Å²) >= 11 is 0. The number of hydrogen-bond donors (Lipinski definition) is 1. The normalized spacial score (nSPS) is 13.5. The quantitative estimate of drug-likeness (QED) is 0.167. The number of pyridine rings is 1. The van der Waals surface area contributed by atoms with Crippen LogP contribution in [0, 0.1) is 13.8 Å². The molecule has 232 valence electrons. The van der Waals surface area contributed by atoms with Gasteiger partial charge in [0.05, 0.1) is 24.6 Å². The predicted octanol–water partition coefficient (Wildman–Crippen LogP) is 8.04. The number of aliphatic hydroxyl groups is 1. The van der Waals surface area contributed by atoms with Gasteiger partial charge in [0.25, 0.3) is 0 Å². The smallest absolute Gasteiger partial charge is 0.229 e.